The number of nitrogens with one attached hydrogen (secondary N) is 2. The zero-order chi connectivity index (χ0) is 18.4. The highest BCUT2D eigenvalue weighted by atomic mass is 32.2. The molecule has 1 heterocycles. The van der Waals surface area contributed by atoms with Crippen molar-refractivity contribution in [3.8, 4) is 5.88 Å². The number of benzene rings is 1. The largest absolute Gasteiger partial charge is 0.481 e. The summed E-state index contributed by atoms with van der Waals surface area (Å²) in [7, 11) is -2.14. The summed E-state index contributed by atoms with van der Waals surface area (Å²) in [6.07, 6.45) is 1.48. The predicted molar refractivity (Wildman–Crippen MR) is 95.1 cm³/mol. The topological polar surface area (TPSA) is 97.4 Å². The Bertz CT molecular complexity index is 849. The van der Waals surface area contributed by atoms with Crippen molar-refractivity contribution in [3.05, 3.63) is 47.7 Å². The number of carbonyl (C=O) groups excluding carboxylic acids is 1. The molecular weight excluding hydrogens is 342 g/mol. The number of ether oxygens (including phenoxy) is 1. The van der Waals surface area contributed by atoms with Gasteiger partial charge in [-0.3, -0.25) is 4.79 Å². The van der Waals surface area contributed by atoms with E-state index >= 15 is 0 Å². The molecule has 7 nitrogen and oxygen atoms in total. The number of rotatable bonds is 7. The third kappa shape index (κ3) is 5.27. The molecule has 0 fully saturated rings. The zero-order valence-corrected chi connectivity index (χ0v) is 15.2. The number of hydrogen-bond donors (Lipinski definition) is 2. The van der Waals surface area contributed by atoms with Gasteiger partial charge in [-0.1, -0.05) is 17.7 Å². The van der Waals surface area contributed by atoms with Crippen LogP contribution in [0.4, 0.5) is 5.69 Å². The van der Waals surface area contributed by atoms with Crippen molar-refractivity contribution < 1.29 is 17.9 Å². The molecule has 0 bridgehead atoms. The van der Waals surface area contributed by atoms with Gasteiger partial charge in [-0.25, -0.2) is 18.1 Å². The van der Waals surface area contributed by atoms with Crippen molar-refractivity contribution in [2.24, 2.45) is 0 Å². The molecule has 0 saturated carbocycles. The van der Waals surface area contributed by atoms with Gasteiger partial charge in [0.1, 0.15) is 0 Å². The summed E-state index contributed by atoms with van der Waals surface area (Å²) < 4.78 is 32.0. The van der Waals surface area contributed by atoms with Crippen molar-refractivity contribution in [2.75, 3.05) is 19.0 Å². The van der Waals surface area contributed by atoms with Gasteiger partial charge in [0.25, 0.3) is 0 Å². The van der Waals surface area contributed by atoms with E-state index in [1.807, 2.05) is 6.92 Å². The Balaban J connectivity index is 1.89. The van der Waals surface area contributed by atoms with Gasteiger partial charge in [0.15, 0.2) is 0 Å². The van der Waals surface area contributed by atoms with Crippen LogP contribution < -0.4 is 14.8 Å². The Morgan fingerprint density at radius 1 is 1.20 bits per heavy atom. The van der Waals surface area contributed by atoms with Gasteiger partial charge >= 0.3 is 0 Å². The molecule has 0 unspecified atom stereocenters. The van der Waals surface area contributed by atoms with Gasteiger partial charge in [0.05, 0.1) is 23.9 Å². The van der Waals surface area contributed by atoms with Crippen molar-refractivity contribution in [2.45, 2.75) is 25.2 Å². The molecule has 134 valence electrons. The van der Waals surface area contributed by atoms with Crippen LogP contribution in [0.5, 0.6) is 5.88 Å². The van der Waals surface area contributed by atoms with E-state index in [0.29, 0.717) is 17.1 Å². The van der Waals surface area contributed by atoms with Crippen LogP contribution in [0.3, 0.4) is 0 Å². The standard InChI is InChI=1S/C17H21N3O4S/c1-12-4-6-15(13(2)10-12)25(22,23)19-9-8-16(21)20-14-5-7-17(24-3)18-11-14/h4-7,10-11,19H,8-9H2,1-3H3,(H,20,21). The maximum Gasteiger partial charge on any atom is 0.240 e. The minimum absolute atomic E-state index is 0.00503. The molecule has 2 aromatic rings. The first-order chi connectivity index (χ1) is 11.8. The first-order valence-electron chi connectivity index (χ1n) is 7.68. The van der Waals surface area contributed by atoms with Gasteiger partial charge in [-0.2, -0.15) is 0 Å². The average Bonchev–Trinajstić information content (AvgIpc) is 2.55. The lowest BCUT2D eigenvalue weighted by molar-refractivity contribution is -0.116. The number of hydrogen-bond acceptors (Lipinski definition) is 5. The Morgan fingerprint density at radius 3 is 2.56 bits per heavy atom. The monoisotopic (exact) mass is 363 g/mol. The lowest BCUT2D eigenvalue weighted by atomic mass is 10.2. The second-order valence-corrected chi connectivity index (χ2v) is 7.29. The highest BCUT2D eigenvalue weighted by Crippen LogP contribution is 2.16. The lowest BCUT2D eigenvalue weighted by Crippen LogP contribution is -2.28. The summed E-state index contributed by atoms with van der Waals surface area (Å²) in [4.78, 5) is 16.1. The predicted octanol–water partition coefficient (Wildman–Crippen LogP) is 2.01. The highest BCUT2D eigenvalue weighted by molar-refractivity contribution is 7.89. The normalized spacial score (nSPS) is 11.2. The summed E-state index contributed by atoms with van der Waals surface area (Å²) in [5, 5.41) is 2.65. The Kier molecular flexibility index (Phi) is 6.11. The summed E-state index contributed by atoms with van der Waals surface area (Å²) in [6, 6.07) is 8.39. The van der Waals surface area contributed by atoms with Crippen LogP contribution in [0, 0.1) is 13.8 Å². The van der Waals surface area contributed by atoms with Crippen LogP contribution in [-0.2, 0) is 14.8 Å². The number of carbonyl (C=O) groups is 1. The van der Waals surface area contributed by atoms with Crippen molar-refractivity contribution in [1.29, 1.82) is 0 Å². The highest BCUT2D eigenvalue weighted by Gasteiger charge is 2.16. The fourth-order valence-corrected chi connectivity index (χ4v) is 3.53. The molecule has 1 aromatic carbocycles. The molecule has 0 radical (unpaired) electrons. The molecule has 8 heteroatoms. The third-order valence-electron chi connectivity index (χ3n) is 3.49. The Labute approximate surface area is 147 Å². The minimum Gasteiger partial charge on any atom is -0.481 e. The van der Waals surface area contributed by atoms with Crippen molar-refractivity contribution >= 4 is 21.6 Å². The quantitative estimate of drug-likeness (QED) is 0.784. The fourth-order valence-electron chi connectivity index (χ4n) is 2.28. The second kappa shape index (κ2) is 8.09. The van der Waals surface area contributed by atoms with Crippen molar-refractivity contribution in [1.82, 2.24) is 9.71 Å². The molecule has 0 aliphatic carbocycles. The molecule has 2 N–H and O–H groups in total. The van der Waals surface area contributed by atoms with Crippen LogP contribution in [-0.4, -0.2) is 33.0 Å². The molecule has 0 aliphatic rings. The first kappa shape index (κ1) is 18.9. The third-order valence-corrected chi connectivity index (χ3v) is 5.11. The number of anilines is 1. The van der Waals surface area contributed by atoms with Crippen LogP contribution in [0.1, 0.15) is 17.5 Å². The number of methoxy groups -OCH3 is 1. The Morgan fingerprint density at radius 2 is 1.96 bits per heavy atom. The van der Waals surface area contributed by atoms with Crippen LogP contribution in [0.25, 0.3) is 0 Å². The number of amides is 1. The van der Waals surface area contributed by atoms with E-state index in [1.54, 1.807) is 37.3 Å². The van der Waals surface area contributed by atoms with E-state index in [9.17, 15) is 13.2 Å². The molecular formula is C17H21N3O4S. The summed E-state index contributed by atoms with van der Waals surface area (Å²) in [5.74, 6) is 0.134. The molecule has 1 amide bonds. The fraction of sp³-hybridized carbons (Fsp3) is 0.294. The number of nitrogens with zero attached hydrogens (tertiary/aromatic N) is 1. The SMILES string of the molecule is COc1ccc(NC(=O)CCNS(=O)(=O)c2ccc(C)cc2C)cn1. The zero-order valence-electron chi connectivity index (χ0n) is 14.4. The lowest BCUT2D eigenvalue weighted by Gasteiger charge is -2.10. The minimum atomic E-state index is -3.64. The number of aryl methyl sites for hydroxylation is 2. The number of pyridine rings is 1. The van der Waals surface area contributed by atoms with E-state index < -0.39 is 10.0 Å². The number of aromatic nitrogens is 1. The average molecular weight is 363 g/mol. The van der Waals surface area contributed by atoms with Crippen LogP contribution >= 0.6 is 0 Å². The van der Waals surface area contributed by atoms with Gasteiger partial charge in [-0.15, -0.1) is 0 Å². The van der Waals surface area contributed by atoms with Crippen molar-refractivity contribution in [3.63, 3.8) is 0 Å². The van der Waals surface area contributed by atoms with E-state index in [0.717, 1.165) is 5.56 Å². The van der Waals surface area contributed by atoms with Gasteiger partial charge in [-0.05, 0) is 31.5 Å². The van der Waals surface area contributed by atoms with E-state index in [4.69, 9.17) is 4.74 Å². The smallest absolute Gasteiger partial charge is 0.240 e. The molecule has 25 heavy (non-hydrogen) atoms. The van der Waals surface area contributed by atoms with Gasteiger partial charge < -0.3 is 10.1 Å². The van der Waals surface area contributed by atoms with E-state index in [2.05, 4.69) is 15.0 Å². The maximum atomic E-state index is 12.3. The summed E-state index contributed by atoms with van der Waals surface area (Å²) in [5.41, 5.74) is 2.17. The Hall–Kier alpha value is -2.45. The molecule has 0 spiro atoms. The van der Waals surface area contributed by atoms with Gasteiger partial charge in [0.2, 0.25) is 21.8 Å². The maximum absolute atomic E-state index is 12.3. The van der Waals surface area contributed by atoms with E-state index in [-0.39, 0.29) is 23.8 Å². The summed E-state index contributed by atoms with van der Waals surface area (Å²) in [6.45, 7) is 3.64. The number of sulfonamides is 1. The van der Waals surface area contributed by atoms with E-state index in [1.165, 1.54) is 13.3 Å². The van der Waals surface area contributed by atoms with Crippen LogP contribution in [0.15, 0.2) is 41.4 Å². The molecule has 0 aliphatic heterocycles. The van der Waals surface area contributed by atoms with Crippen LogP contribution in [0.2, 0.25) is 0 Å². The first-order valence-corrected chi connectivity index (χ1v) is 9.17. The molecule has 2 rings (SSSR count). The van der Waals surface area contributed by atoms with Gasteiger partial charge in [0, 0.05) is 19.0 Å². The summed E-state index contributed by atoms with van der Waals surface area (Å²) >= 11 is 0. The second-order valence-electron chi connectivity index (χ2n) is 5.55. The molecule has 1 aromatic heterocycles. The molecule has 0 saturated heterocycles. The molecule has 0 atom stereocenters.